The number of nitriles is 1. The minimum absolute atomic E-state index is 0.0633. The standard InChI is InChI=1S/C18H15N3O3S/c1-13-11-14-3-2-4-17(18(14)20-12-13)25(22,23)21-15-5-7-16(8-6-15)24-10-9-19/h2-8,11-12,21H,10H2,1H3. The Hall–Kier alpha value is -3.11. The first-order chi connectivity index (χ1) is 12.0. The summed E-state index contributed by atoms with van der Waals surface area (Å²) >= 11 is 0. The molecule has 2 aromatic carbocycles. The van der Waals surface area contributed by atoms with Crippen LogP contribution >= 0.6 is 0 Å². The normalized spacial score (nSPS) is 11.0. The van der Waals surface area contributed by atoms with Crippen LogP contribution in [0.3, 0.4) is 0 Å². The molecule has 0 spiro atoms. The molecule has 0 aliphatic heterocycles. The number of fused-ring (bicyclic) bond motifs is 1. The van der Waals surface area contributed by atoms with Crippen LogP contribution in [0.5, 0.6) is 5.75 Å². The molecule has 3 aromatic rings. The van der Waals surface area contributed by atoms with Crippen LogP contribution in [0, 0.1) is 18.3 Å². The third-order valence-electron chi connectivity index (χ3n) is 3.51. The van der Waals surface area contributed by atoms with E-state index in [1.807, 2.05) is 25.1 Å². The summed E-state index contributed by atoms with van der Waals surface area (Å²) in [7, 11) is -3.79. The van der Waals surface area contributed by atoms with Gasteiger partial charge in [-0.25, -0.2) is 8.42 Å². The van der Waals surface area contributed by atoms with Crippen LogP contribution in [0.4, 0.5) is 5.69 Å². The molecule has 1 N–H and O–H groups in total. The van der Waals surface area contributed by atoms with E-state index >= 15 is 0 Å². The van der Waals surface area contributed by atoms with E-state index in [2.05, 4.69) is 9.71 Å². The monoisotopic (exact) mass is 353 g/mol. The fourth-order valence-electron chi connectivity index (χ4n) is 2.40. The number of rotatable bonds is 5. The highest BCUT2D eigenvalue weighted by Crippen LogP contribution is 2.25. The van der Waals surface area contributed by atoms with Crippen LogP contribution in [0.1, 0.15) is 5.56 Å². The maximum absolute atomic E-state index is 12.7. The van der Waals surface area contributed by atoms with Crippen molar-refractivity contribution in [1.82, 2.24) is 4.98 Å². The Morgan fingerprint density at radius 3 is 2.68 bits per heavy atom. The van der Waals surface area contributed by atoms with Gasteiger partial charge in [-0.05, 0) is 48.9 Å². The molecule has 3 rings (SSSR count). The number of aryl methyl sites for hydroxylation is 1. The van der Waals surface area contributed by atoms with E-state index in [0.717, 1.165) is 10.9 Å². The molecule has 0 aliphatic carbocycles. The highest BCUT2D eigenvalue weighted by molar-refractivity contribution is 7.93. The number of aromatic nitrogens is 1. The van der Waals surface area contributed by atoms with Crippen LogP contribution in [0.15, 0.2) is 59.6 Å². The Kier molecular flexibility index (Phi) is 4.55. The zero-order valence-corrected chi connectivity index (χ0v) is 14.2. The second-order valence-electron chi connectivity index (χ2n) is 5.42. The van der Waals surface area contributed by atoms with Gasteiger partial charge in [0.1, 0.15) is 16.7 Å². The quantitative estimate of drug-likeness (QED) is 0.760. The predicted molar refractivity (Wildman–Crippen MR) is 94.8 cm³/mol. The summed E-state index contributed by atoms with van der Waals surface area (Å²) in [5, 5.41) is 9.26. The van der Waals surface area contributed by atoms with Gasteiger partial charge in [0, 0.05) is 17.3 Å². The van der Waals surface area contributed by atoms with E-state index in [4.69, 9.17) is 10.00 Å². The SMILES string of the molecule is Cc1cnc2c(S(=O)(=O)Nc3ccc(OCC#N)cc3)cccc2c1. The van der Waals surface area contributed by atoms with Gasteiger partial charge in [-0.15, -0.1) is 0 Å². The number of pyridine rings is 1. The molecule has 1 aromatic heterocycles. The minimum Gasteiger partial charge on any atom is -0.479 e. The fourth-order valence-corrected chi connectivity index (χ4v) is 3.64. The van der Waals surface area contributed by atoms with Gasteiger partial charge in [0.05, 0.1) is 5.52 Å². The molecule has 6 nitrogen and oxygen atoms in total. The van der Waals surface area contributed by atoms with Crippen LogP contribution in [0.25, 0.3) is 10.9 Å². The minimum atomic E-state index is -3.79. The van der Waals surface area contributed by atoms with Gasteiger partial charge in [-0.3, -0.25) is 9.71 Å². The van der Waals surface area contributed by atoms with Gasteiger partial charge in [0.15, 0.2) is 6.61 Å². The maximum atomic E-state index is 12.7. The number of hydrogen-bond donors (Lipinski definition) is 1. The molecule has 126 valence electrons. The van der Waals surface area contributed by atoms with Crippen molar-refractivity contribution >= 4 is 26.6 Å². The smallest absolute Gasteiger partial charge is 0.264 e. The fraction of sp³-hybridized carbons (Fsp3) is 0.111. The molecule has 0 atom stereocenters. The molecule has 25 heavy (non-hydrogen) atoms. The lowest BCUT2D eigenvalue weighted by Gasteiger charge is -2.11. The lowest BCUT2D eigenvalue weighted by molar-refractivity contribution is 0.368. The zero-order chi connectivity index (χ0) is 17.9. The van der Waals surface area contributed by atoms with E-state index in [1.54, 1.807) is 36.5 Å². The molecule has 0 radical (unpaired) electrons. The number of benzene rings is 2. The highest BCUT2D eigenvalue weighted by atomic mass is 32.2. The molecule has 0 aliphatic rings. The van der Waals surface area contributed by atoms with Crippen molar-refractivity contribution in [3.05, 3.63) is 60.3 Å². The Morgan fingerprint density at radius 1 is 1.20 bits per heavy atom. The molecule has 0 bridgehead atoms. The van der Waals surface area contributed by atoms with Crippen molar-refractivity contribution in [2.45, 2.75) is 11.8 Å². The van der Waals surface area contributed by atoms with Gasteiger partial charge in [0.25, 0.3) is 10.0 Å². The Balaban J connectivity index is 1.91. The van der Waals surface area contributed by atoms with Gasteiger partial charge in [0.2, 0.25) is 0 Å². The van der Waals surface area contributed by atoms with Gasteiger partial charge < -0.3 is 4.74 Å². The number of hydrogen-bond acceptors (Lipinski definition) is 5. The molecule has 0 amide bonds. The van der Waals surface area contributed by atoms with Crippen LogP contribution in [0.2, 0.25) is 0 Å². The summed E-state index contributed by atoms with van der Waals surface area (Å²) in [6.07, 6.45) is 1.64. The van der Waals surface area contributed by atoms with Crippen molar-refractivity contribution in [3.8, 4) is 11.8 Å². The van der Waals surface area contributed by atoms with Crippen LogP contribution in [-0.4, -0.2) is 20.0 Å². The lowest BCUT2D eigenvalue weighted by atomic mass is 10.2. The summed E-state index contributed by atoms with van der Waals surface area (Å²) < 4.78 is 33.1. The number of sulfonamides is 1. The second-order valence-corrected chi connectivity index (χ2v) is 7.07. The largest absolute Gasteiger partial charge is 0.479 e. The van der Waals surface area contributed by atoms with Crippen LogP contribution < -0.4 is 9.46 Å². The lowest BCUT2D eigenvalue weighted by Crippen LogP contribution is -2.13. The van der Waals surface area contributed by atoms with Crippen molar-refractivity contribution in [3.63, 3.8) is 0 Å². The third-order valence-corrected chi connectivity index (χ3v) is 4.92. The number of anilines is 1. The predicted octanol–water partition coefficient (Wildman–Crippen LogP) is 3.25. The molecule has 7 heteroatoms. The van der Waals surface area contributed by atoms with E-state index < -0.39 is 10.0 Å². The molecule has 0 fully saturated rings. The zero-order valence-electron chi connectivity index (χ0n) is 13.4. The first kappa shape index (κ1) is 16.7. The molecular weight excluding hydrogens is 338 g/mol. The van der Waals surface area contributed by atoms with E-state index in [9.17, 15) is 8.42 Å². The number of ether oxygens (including phenoxy) is 1. The summed E-state index contributed by atoms with van der Waals surface area (Å²) in [5.41, 5.74) is 1.78. The summed E-state index contributed by atoms with van der Waals surface area (Å²) in [5.74, 6) is 0.492. The topological polar surface area (TPSA) is 92.1 Å². The molecule has 0 saturated heterocycles. The van der Waals surface area contributed by atoms with Crippen molar-refractivity contribution in [1.29, 1.82) is 5.26 Å². The Bertz CT molecular complexity index is 1060. The van der Waals surface area contributed by atoms with Gasteiger partial charge in [-0.2, -0.15) is 5.26 Å². The summed E-state index contributed by atoms with van der Waals surface area (Å²) in [6, 6.07) is 15.2. The summed E-state index contributed by atoms with van der Waals surface area (Å²) in [4.78, 5) is 4.39. The highest BCUT2D eigenvalue weighted by Gasteiger charge is 2.18. The van der Waals surface area contributed by atoms with Gasteiger partial charge >= 0.3 is 0 Å². The number of nitrogens with one attached hydrogen (secondary N) is 1. The van der Waals surface area contributed by atoms with Gasteiger partial charge in [-0.1, -0.05) is 12.1 Å². The maximum Gasteiger partial charge on any atom is 0.264 e. The Morgan fingerprint density at radius 2 is 1.96 bits per heavy atom. The molecule has 0 saturated carbocycles. The third kappa shape index (κ3) is 3.70. The first-order valence-electron chi connectivity index (χ1n) is 7.47. The second kappa shape index (κ2) is 6.79. The Labute approximate surface area is 145 Å². The van der Waals surface area contributed by atoms with Crippen LogP contribution in [-0.2, 0) is 10.0 Å². The summed E-state index contributed by atoms with van der Waals surface area (Å²) in [6.45, 7) is 1.84. The van der Waals surface area contributed by atoms with E-state index in [-0.39, 0.29) is 11.5 Å². The molecule has 0 unspecified atom stereocenters. The average Bonchev–Trinajstić information content (AvgIpc) is 2.60. The molecule has 1 heterocycles. The van der Waals surface area contributed by atoms with E-state index in [0.29, 0.717) is 17.0 Å². The molecular formula is C18H15N3O3S. The number of para-hydroxylation sites is 1. The average molecular weight is 353 g/mol. The van der Waals surface area contributed by atoms with Crippen molar-refractivity contribution in [2.24, 2.45) is 0 Å². The van der Waals surface area contributed by atoms with Crippen molar-refractivity contribution in [2.75, 3.05) is 11.3 Å². The van der Waals surface area contributed by atoms with E-state index in [1.165, 1.54) is 6.07 Å². The first-order valence-corrected chi connectivity index (χ1v) is 8.96. The van der Waals surface area contributed by atoms with Crippen molar-refractivity contribution < 1.29 is 13.2 Å². The number of nitrogens with zero attached hydrogens (tertiary/aromatic N) is 2.